The summed E-state index contributed by atoms with van der Waals surface area (Å²) in [6.07, 6.45) is -0.939. The van der Waals surface area contributed by atoms with Crippen molar-refractivity contribution in [2.75, 3.05) is 5.32 Å². The highest BCUT2D eigenvalue weighted by atomic mass is 16.5. The van der Waals surface area contributed by atoms with Crippen LogP contribution in [0.15, 0.2) is 54.6 Å². The maximum atomic E-state index is 11.5. The van der Waals surface area contributed by atoms with Crippen LogP contribution in [0, 0.1) is 0 Å². The minimum atomic E-state index is -0.939. The van der Waals surface area contributed by atoms with Crippen LogP contribution in [0.5, 0.6) is 0 Å². The zero-order valence-electron chi connectivity index (χ0n) is 11.7. The van der Waals surface area contributed by atoms with Crippen LogP contribution >= 0.6 is 0 Å². The average molecular weight is 286 g/mol. The predicted octanol–water partition coefficient (Wildman–Crippen LogP) is 2.02. The van der Waals surface area contributed by atoms with E-state index in [1.54, 1.807) is 5.48 Å². The summed E-state index contributed by atoms with van der Waals surface area (Å²) in [5.41, 5.74) is 4.38. The van der Waals surface area contributed by atoms with Crippen molar-refractivity contribution in [3.05, 3.63) is 54.6 Å². The molecule has 1 amide bonds. The highest BCUT2D eigenvalue weighted by Crippen LogP contribution is 2.21. The average Bonchev–Trinajstić information content (AvgIpc) is 2.53. The van der Waals surface area contributed by atoms with Gasteiger partial charge in [0.1, 0.15) is 6.04 Å². The number of hydrogen-bond acceptors (Lipinski definition) is 4. The van der Waals surface area contributed by atoms with Gasteiger partial charge >= 0.3 is 0 Å². The first-order valence-electron chi connectivity index (χ1n) is 6.66. The van der Waals surface area contributed by atoms with Crippen molar-refractivity contribution in [1.29, 1.82) is 0 Å². The molecule has 2 aromatic rings. The number of aliphatic hydroxyl groups excluding tert-OH is 1. The third-order valence-corrected chi connectivity index (χ3v) is 3.19. The summed E-state index contributed by atoms with van der Waals surface area (Å²) in [5.74, 6) is -0.683. The van der Waals surface area contributed by atoms with Gasteiger partial charge in [-0.15, -0.1) is 0 Å². The van der Waals surface area contributed by atoms with Crippen LogP contribution in [0.2, 0.25) is 0 Å². The topological polar surface area (TPSA) is 81.6 Å². The standard InChI is InChI=1S/C16H18N2O3/c1-11(19)15(16(20)18-21)17-14-9-7-13(8-10-14)12-5-3-2-4-6-12/h2-11,15,17,19,21H,1H3,(H,18,20). The second kappa shape index (κ2) is 6.88. The Morgan fingerprint density at radius 2 is 1.57 bits per heavy atom. The Hall–Kier alpha value is -2.37. The maximum absolute atomic E-state index is 11.5. The molecule has 0 saturated carbocycles. The number of hydrogen-bond donors (Lipinski definition) is 4. The lowest BCUT2D eigenvalue weighted by atomic mass is 10.1. The summed E-state index contributed by atoms with van der Waals surface area (Å²) >= 11 is 0. The van der Waals surface area contributed by atoms with Crippen molar-refractivity contribution >= 4 is 11.6 Å². The lowest BCUT2D eigenvalue weighted by molar-refractivity contribution is -0.132. The van der Waals surface area contributed by atoms with E-state index in [2.05, 4.69) is 5.32 Å². The Kier molecular flexibility index (Phi) is 4.92. The molecule has 0 heterocycles. The molecule has 0 saturated heterocycles. The van der Waals surface area contributed by atoms with Gasteiger partial charge in [0.15, 0.2) is 0 Å². The van der Waals surface area contributed by atoms with Gasteiger partial charge in [0.05, 0.1) is 6.10 Å². The molecule has 4 N–H and O–H groups in total. The largest absolute Gasteiger partial charge is 0.391 e. The van der Waals surface area contributed by atoms with Gasteiger partial charge in [-0.25, -0.2) is 5.48 Å². The van der Waals surface area contributed by atoms with Crippen molar-refractivity contribution in [1.82, 2.24) is 5.48 Å². The zero-order valence-corrected chi connectivity index (χ0v) is 11.7. The fraction of sp³-hybridized carbons (Fsp3) is 0.188. The summed E-state index contributed by atoms with van der Waals surface area (Å²) < 4.78 is 0. The van der Waals surface area contributed by atoms with E-state index in [0.29, 0.717) is 5.69 Å². The summed E-state index contributed by atoms with van der Waals surface area (Å²) in [7, 11) is 0. The second-order valence-electron chi connectivity index (χ2n) is 4.78. The molecule has 0 radical (unpaired) electrons. The highest BCUT2D eigenvalue weighted by Gasteiger charge is 2.22. The molecule has 5 heteroatoms. The number of aliphatic hydroxyl groups is 1. The number of rotatable bonds is 5. The smallest absolute Gasteiger partial charge is 0.268 e. The minimum Gasteiger partial charge on any atom is -0.391 e. The summed E-state index contributed by atoms with van der Waals surface area (Å²) in [6.45, 7) is 1.48. The van der Waals surface area contributed by atoms with Crippen LogP contribution in [0.25, 0.3) is 11.1 Å². The fourth-order valence-electron chi connectivity index (χ4n) is 2.04. The van der Waals surface area contributed by atoms with E-state index >= 15 is 0 Å². The molecule has 5 nitrogen and oxygen atoms in total. The van der Waals surface area contributed by atoms with E-state index in [1.165, 1.54) is 6.92 Å². The first-order chi connectivity index (χ1) is 10.1. The van der Waals surface area contributed by atoms with Gasteiger partial charge < -0.3 is 10.4 Å². The molecule has 0 bridgehead atoms. The third-order valence-electron chi connectivity index (χ3n) is 3.19. The van der Waals surface area contributed by atoms with E-state index in [0.717, 1.165) is 11.1 Å². The Morgan fingerprint density at radius 3 is 2.10 bits per heavy atom. The number of carbonyl (C=O) groups is 1. The molecule has 2 unspecified atom stereocenters. The number of amides is 1. The van der Waals surface area contributed by atoms with Gasteiger partial charge in [-0.3, -0.25) is 10.0 Å². The molecule has 21 heavy (non-hydrogen) atoms. The molecule has 0 fully saturated rings. The Balaban J connectivity index is 2.14. The van der Waals surface area contributed by atoms with Crippen LogP contribution in [-0.2, 0) is 4.79 Å². The molecule has 0 aliphatic heterocycles. The number of hydroxylamine groups is 1. The Morgan fingerprint density at radius 1 is 1.00 bits per heavy atom. The van der Waals surface area contributed by atoms with Crippen molar-refractivity contribution in [3.8, 4) is 11.1 Å². The SMILES string of the molecule is CC(O)C(Nc1ccc(-c2ccccc2)cc1)C(=O)NO. The molecular weight excluding hydrogens is 268 g/mol. The zero-order chi connectivity index (χ0) is 15.2. The molecule has 110 valence electrons. The predicted molar refractivity (Wildman–Crippen MR) is 80.9 cm³/mol. The quantitative estimate of drug-likeness (QED) is 0.501. The molecule has 0 aromatic heterocycles. The van der Waals surface area contributed by atoms with E-state index in [-0.39, 0.29) is 0 Å². The minimum absolute atomic E-state index is 0.683. The number of carbonyl (C=O) groups excluding carboxylic acids is 1. The summed E-state index contributed by atoms with van der Waals surface area (Å²) in [4.78, 5) is 11.5. The van der Waals surface area contributed by atoms with Gasteiger partial charge in [0.25, 0.3) is 5.91 Å². The normalized spacial score (nSPS) is 13.3. The van der Waals surface area contributed by atoms with E-state index in [4.69, 9.17) is 5.21 Å². The lowest BCUT2D eigenvalue weighted by Gasteiger charge is -2.20. The maximum Gasteiger partial charge on any atom is 0.268 e. The third kappa shape index (κ3) is 3.81. The van der Waals surface area contributed by atoms with E-state index in [1.807, 2.05) is 54.6 Å². The Bertz CT molecular complexity index is 582. The van der Waals surface area contributed by atoms with Gasteiger partial charge in [0, 0.05) is 5.69 Å². The van der Waals surface area contributed by atoms with Crippen molar-refractivity contribution in [2.45, 2.75) is 19.1 Å². The van der Waals surface area contributed by atoms with Crippen molar-refractivity contribution < 1.29 is 15.1 Å². The van der Waals surface area contributed by atoms with Gasteiger partial charge in [-0.1, -0.05) is 42.5 Å². The van der Waals surface area contributed by atoms with Crippen LogP contribution < -0.4 is 10.8 Å². The van der Waals surface area contributed by atoms with Gasteiger partial charge in [0.2, 0.25) is 0 Å². The van der Waals surface area contributed by atoms with Crippen LogP contribution in [0.3, 0.4) is 0 Å². The molecule has 2 atom stereocenters. The summed E-state index contributed by atoms with van der Waals surface area (Å²) in [5, 5.41) is 21.1. The second-order valence-corrected chi connectivity index (χ2v) is 4.78. The molecular formula is C16H18N2O3. The first kappa shape index (κ1) is 15.0. The van der Waals surface area contributed by atoms with Crippen LogP contribution in [0.1, 0.15) is 6.92 Å². The van der Waals surface area contributed by atoms with E-state index in [9.17, 15) is 9.90 Å². The van der Waals surface area contributed by atoms with Crippen molar-refractivity contribution in [3.63, 3.8) is 0 Å². The fourth-order valence-corrected chi connectivity index (χ4v) is 2.04. The molecule has 2 aromatic carbocycles. The monoisotopic (exact) mass is 286 g/mol. The van der Waals surface area contributed by atoms with Gasteiger partial charge in [-0.05, 0) is 30.2 Å². The summed E-state index contributed by atoms with van der Waals surface area (Å²) in [6, 6.07) is 16.5. The van der Waals surface area contributed by atoms with E-state index < -0.39 is 18.1 Å². The highest BCUT2D eigenvalue weighted by molar-refractivity contribution is 5.84. The van der Waals surface area contributed by atoms with Gasteiger partial charge in [-0.2, -0.15) is 0 Å². The number of benzene rings is 2. The first-order valence-corrected chi connectivity index (χ1v) is 6.66. The molecule has 2 rings (SSSR count). The Labute approximate surface area is 123 Å². The van der Waals surface area contributed by atoms with Crippen molar-refractivity contribution in [2.24, 2.45) is 0 Å². The van der Waals surface area contributed by atoms with Crippen LogP contribution in [0.4, 0.5) is 5.69 Å². The molecule has 0 aliphatic rings. The molecule has 0 aliphatic carbocycles. The number of anilines is 1. The molecule has 0 spiro atoms. The van der Waals surface area contributed by atoms with Crippen LogP contribution in [-0.4, -0.2) is 28.4 Å². The number of nitrogens with one attached hydrogen (secondary N) is 2. The lowest BCUT2D eigenvalue weighted by Crippen LogP contribution is -2.45.